The van der Waals surface area contributed by atoms with E-state index >= 15 is 0 Å². The van der Waals surface area contributed by atoms with Crippen molar-refractivity contribution in [3.63, 3.8) is 0 Å². The Morgan fingerprint density at radius 3 is 2.45 bits per heavy atom. The Morgan fingerprint density at radius 2 is 1.71 bits per heavy atom. The molecule has 158 valence electrons. The standard InChI is InChI=1S/C24H21NO6/c26-18(13-4-2-1-3-5-13)12-30-23(28)14-6-8-16(9-7-14)25-22(27)20-15-10-17-19(11-15)31-24(29)21(17)20/h1-9,15,17,19-21H,10-12H2,(H,25,27)/t15-,17-,19-,20-,21+/m1/s1. The molecule has 7 heteroatoms. The molecule has 3 aliphatic rings. The molecule has 0 aromatic heterocycles. The minimum Gasteiger partial charge on any atom is -0.462 e. The number of Topliss-reactive ketones (excluding diaryl/α,β-unsaturated/α-hetero) is 1. The van der Waals surface area contributed by atoms with Crippen molar-refractivity contribution in [2.45, 2.75) is 18.9 Å². The molecule has 1 N–H and O–H groups in total. The van der Waals surface area contributed by atoms with E-state index in [1.807, 2.05) is 0 Å². The van der Waals surface area contributed by atoms with Gasteiger partial charge in [-0.15, -0.1) is 0 Å². The van der Waals surface area contributed by atoms with Gasteiger partial charge in [-0.05, 0) is 43.0 Å². The van der Waals surface area contributed by atoms with Crippen molar-refractivity contribution < 1.29 is 28.7 Å². The third-order valence-corrected chi connectivity index (χ3v) is 6.60. The number of benzene rings is 2. The number of esters is 2. The van der Waals surface area contributed by atoms with Crippen LogP contribution in [-0.2, 0) is 19.1 Å². The van der Waals surface area contributed by atoms with Gasteiger partial charge in [-0.25, -0.2) is 4.79 Å². The van der Waals surface area contributed by atoms with Crippen LogP contribution in [0.2, 0.25) is 0 Å². The maximum Gasteiger partial charge on any atom is 0.338 e. The molecule has 1 saturated heterocycles. The van der Waals surface area contributed by atoms with Crippen LogP contribution in [0.3, 0.4) is 0 Å². The van der Waals surface area contributed by atoms with Crippen molar-refractivity contribution in [3.05, 3.63) is 65.7 Å². The fourth-order valence-electron chi connectivity index (χ4n) is 5.20. The number of rotatable bonds is 6. The molecule has 1 amide bonds. The van der Waals surface area contributed by atoms with E-state index in [0.717, 1.165) is 12.8 Å². The van der Waals surface area contributed by atoms with E-state index in [4.69, 9.17) is 9.47 Å². The van der Waals surface area contributed by atoms with Crippen molar-refractivity contribution in [3.8, 4) is 0 Å². The summed E-state index contributed by atoms with van der Waals surface area (Å²) in [6.45, 7) is -0.343. The quantitative estimate of drug-likeness (QED) is 0.571. The summed E-state index contributed by atoms with van der Waals surface area (Å²) in [5.74, 6) is -1.67. The molecule has 2 aromatic rings. The molecular weight excluding hydrogens is 398 g/mol. The van der Waals surface area contributed by atoms with Gasteiger partial charge in [-0.3, -0.25) is 14.4 Å². The fourth-order valence-corrected chi connectivity index (χ4v) is 5.20. The Hall–Kier alpha value is -3.48. The highest BCUT2D eigenvalue weighted by molar-refractivity contribution is 6.00. The Labute approximate surface area is 178 Å². The third-order valence-electron chi connectivity index (χ3n) is 6.60. The lowest BCUT2D eigenvalue weighted by molar-refractivity contribution is -0.145. The Balaban J connectivity index is 1.18. The van der Waals surface area contributed by atoms with E-state index in [9.17, 15) is 19.2 Å². The number of nitrogens with one attached hydrogen (secondary N) is 1. The topological polar surface area (TPSA) is 98.8 Å². The van der Waals surface area contributed by atoms with E-state index in [0.29, 0.717) is 11.3 Å². The Bertz CT molecular complexity index is 1050. The molecule has 2 aliphatic carbocycles. The number of carbonyl (C=O) groups is 4. The number of hydrogen-bond donors (Lipinski definition) is 1. The largest absolute Gasteiger partial charge is 0.462 e. The molecule has 2 saturated carbocycles. The molecule has 2 aromatic carbocycles. The van der Waals surface area contributed by atoms with Crippen molar-refractivity contribution in [2.24, 2.45) is 23.7 Å². The normalized spacial score (nSPS) is 27.6. The van der Waals surface area contributed by atoms with Gasteiger partial charge in [0.1, 0.15) is 6.10 Å². The zero-order chi connectivity index (χ0) is 21.5. The van der Waals surface area contributed by atoms with Gasteiger partial charge in [-0.2, -0.15) is 0 Å². The summed E-state index contributed by atoms with van der Waals surface area (Å²) in [7, 11) is 0. The van der Waals surface area contributed by atoms with Crippen LogP contribution in [0, 0.1) is 23.7 Å². The molecular formula is C24H21NO6. The average molecular weight is 419 g/mol. The van der Waals surface area contributed by atoms with E-state index in [1.54, 1.807) is 42.5 Å². The molecule has 0 radical (unpaired) electrons. The first kappa shape index (κ1) is 19.5. The molecule has 1 aliphatic heterocycles. The van der Waals surface area contributed by atoms with Crippen molar-refractivity contribution in [1.29, 1.82) is 0 Å². The summed E-state index contributed by atoms with van der Waals surface area (Å²) in [6.07, 6.45) is 1.62. The van der Waals surface area contributed by atoms with E-state index in [1.165, 1.54) is 12.1 Å². The van der Waals surface area contributed by atoms with Crippen LogP contribution in [0.25, 0.3) is 0 Å². The van der Waals surface area contributed by atoms with E-state index < -0.39 is 5.97 Å². The van der Waals surface area contributed by atoms with Gasteiger partial charge in [0.15, 0.2) is 12.4 Å². The lowest BCUT2D eigenvalue weighted by atomic mass is 9.79. The third kappa shape index (κ3) is 3.50. The first-order valence-corrected chi connectivity index (χ1v) is 10.4. The molecule has 0 spiro atoms. The predicted octanol–water partition coefficient (Wildman–Crippen LogP) is 2.86. The Kier molecular flexibility index (Phi) is 4.81. The van der Waals surface area contributed by atoms with Crippen LogP contribution < -0.4 is 5.32 Å². The van der Waals surface area contributed by atoms with Crippen LogP contribution in [0.5, 0.6) is 0 Å². The first-order valence-electron chi connectivity index (χ1n) is 10.4. The zero-order valence-corrected chi connectivity index (χ0v) is 16.7. The summed E-state index contributed by atoms with van der Waals surface area (Å²) < 4.78 is 10.5. The van der Waals surface area contributed by atoms with Gasteiger partial charge in [0.25, 0.3) is 0 Å². The van der Waals surface area contributed by atoms with Gasteiger partial charge in [0.05, 0.1) is 17.4 Å². The van der Waals surface area contributed by atoms with Crippen LogP contribution in [0.4, 0.5) is 5.69 Å². The highest BCUT2D eigenvalue weighted by Crippen LogP contribution is 2.57. The van der Waals surface area contributed by atoms with Crippen LogP contribution in [0.15, 0.2) is 54.6 Å². The summed E-state index contributed by atoms with van der Waals surface area (Å²) in [6, 6.07) is 14.9. The number of ether oxygens (including phenoxy) is 2. The van der Waals surface area contributed by atoms with Crippen LogP contribution in [0.1, 0.15) is 33.6 Å². The summed E-state index contributed by atoms with van der Waals surface area (Å²) >= 11 is 0. The predicted molar refractivity (Wildman–Crippen MR) is 109 cm³/mol. The molecule has 3 fully saturated rings. The maximum absolute atomic E-state index is 12.8. The van der Waals surface area contributed by atoms with Crippen molar-refractivity contribution >= 4 is 29.3 Å². The highest BCUT2D eigenvalue weighted by atomic mass is 16.6. The molecule has 2 bridgehead atoms. The highest BCUT2D eigenvalue weighted by Gasteiger charge is 2.63. The van der Waals surface area contributed by atoms with Crippen molar-refractivity contribution in [2.75, 3.05) is 11.9 Å². The summed E-state index contributed by atoms with van der Waals surface area (Å²) in [4.78, 5) is 49.2. The molecule has 31 heavy (non-hydrogen) atoms. The molecule has 0 unspecified atom stereocenters. The number of carbonyl (C=O) groups excluding carboxylic acids is 4. The van der Waals surface area contributed by atoms with Gasteiger partial charge in [0, 0.05) is 17.2 Å². The monoisotopic (exact) mass is 419 g/mol. The van der Waals surface area contributed by atoms with E-state index in [2.05, 4.69) is 5.32 Å². The van der Waals surface area contributed by atoms with E-state index in [-0.39, 0.29) is 59.6 Å². The first-order chi connectivity index (χ1) is 15.0. The SMILES string of the molecule is O=C(COC(=O)c1ccc(NC(=O)[C@@H]2[C@@H]3C[C@H]4[C@@H]2C(=O)O[C@@H]4C3)cc1)c1ccccc1. The minimum absolute atomic E-state index is 0.00869. The molecule has 7 nitrogen and oxygen atoms in total. The lowest BCUT2D eigenvalue weighted by Gasteiger charge is -2.23. The fraction of sp³-hybridized carbons (Fsp3) is 0.333. The second kappa shape index (κ2) is 7.65. The maximum atomic E-state index is 12.8. The van der Waals surface area contributed by atoms with Gasteiger partial charge in [-0.1, -0.05) is 30.3 Å². The van der Waals surface area contributed by atoms with Gasteiger partial charge < -0.3 is 14.8 Å². The number of hydrogen-bond acceptors (Lipinski definition) is 6. The minimum atomic E-state index is -0.616. The van der Waals surface area contributed by atoms with Crippen molar-refractivity contribution in [1.82, 2.24) is 0 Å². The molecule has 5 rings (SSSR count). The Morgan fingerprint density at radius 1 is 0.968 bits per heavy atom. The van der Waals surface area contributed by atoms with Crippen LogP contribution in [-0.4, -0.2) is 36.3 Å². The smallest absolute Gasteiger partial charge is 0.338 e. The molecule has 1 heterocycles. The lowest BCUT2D eigenvalue weighted by Crippen LogP contribution is -2.35. The zero-order valence-electron chi connectivity index (χ0n) is 16.7. The number of anilines is 1. The number of ketones is 1. The molecule has 5 atom stereocenters. The second-order valence-corrected chi connectivity index (χ2v) is 8.35. The summed E-state index contributed by atoms with van der Waals surface area (Å²) in [5, 5.41) is 2.86. The number of fused-ring (bicyclic) bond motifs is 1. The van der Waals surface area contributed by atoms with Gasteiger partial charge >= 0.3 is 11.9 Å². The van der Waals surface area contributed by atoms with Crippen LogP contribution >= 0.6 is 0 Å². The summed E-state index contributed by atoms with van der Waals surface area (Å²) in [5.41, 5.74) is 1.29. The average Bonchev–Trinajstić information content (AvgIpc) is 3.41. The van der Waals surface area contributed by atoms with Gasteiger partial charge in [0.2, 0.25) is 5.91 Å². The number of amides is 1. The second-order valence-electron chi connectivity index (χ2n) is 8.35.